The number of aryl methyl sites for hydroxylation is 1. The number of hydrogen-bond donors (Lipinski definition) is 0. The molecule has 1 saturated carbocycles. The second-order valence-corrected chi connectivity index (χ2v) is 5.90. The molecule has 104 valence electrons. The van der Waals surface area contributed by atoms with Gasteiger partial charge in [0.1, 0.15) is 11.7 Å². The third-order valence-corrected chi connectivity index (χ3v) is 4.54. The molecule has 1 aliphatic carbocycles. The SMILES string of the molecule is Cc1ccc(N2C[C@@H]3[C@H](C2)[C@H]3c2noc(CCl)n2)nc1. The Morgan fingerprint density at radius 2 is 2.15 bits per heavy atom. The maximum absolute atomic E-state index is 5.69. The summed E-state index contributed by atoms with van der Waals surface area (Å²) in [5.41, 5.74) is 1.19. The Bertz CT molecular complexity index is 614. The van der Waals surface area contributed by atoms with Crippen LogP contribution in [0.3, 0.4) is 0 Å². The van der Waals surface area contributed by atoms with Crippen molar-refractivity contribution in [2.24, 2.45) is 11.8 Å². The van der Waals surface area contributed by atoms with E-state index in [2.05, 4.69) is 39.1 Å². The summed E-state index contributed by atoms with van der Waals surface area (Å²) in [6, 6.07) is 4.20. The number of pyridine rings is 1. The molecule has 0 unspecified atom stereocenters. The van der Waals surface area contributed by atoms with E-state index in [-0.39, 0.29) is 5.88 Å². The number of alkyl halides is 1. The monoisotopic (exact) mass is 290 g/mol. The van der Waals surface area contributed by atoms with Crippen molar-refractivity contribution in [3.63, 3.8) is 0 Å². The lowest BCUT2D eigenvalue weighted by atomic mass is 10.2. The molecule has 0 amide bonds. The number of aromatic nitrogens is 3. The third-order valence-electron chi connectivity index (χ3n) is 4.31. The summed E-state index contributed by atoms with van der Waals surface area (Å²) < 4.78 is 5.09. The molecule has 0 spiro atoms. The van der Waals surface area contributed by atoms with E-state index in [1.165, 1.54) is 5.56 Å². The molecule has 4 rings (SSSR count). The summed E-state index contributed by atoms with van der Waals surface area (Å²) in [6.07, 6.45) is 1.92. The first kappa shape index (κ1) is 12.1. The fraction of sp³-hybridized carbons (Fsp3) is 0.500. The number of piperidine rings is 1. The molecular weight excluding hydrogens is 276 g/mol. The third kappa shape index (κ3) is 1.88. The first-order valence-corrected chi connectivity index (χ1v) is 7.36. The first-order valence-electron chi connectivity index (χ1n) is 6.82. The number of anilines is 1. The van der Waals surface area contributed by atoms with Gasteiger partial charge in [0, 0.05) is 25.2 Å². The lowest BCUT2D eigenvalue weighted by molar-refractivity contribution is 0.383. The van der Waals surface area contributed by atoms with Crippen LogP contribution >= 0.6 is 11.6 Å². The molecule has 2 aromatic rings. The minimum Gasteiger partial charge on any atom is -0.356 e. The molecular formula is C14H15ClN4O. The minimum absolute atomic E-state index is 0.286. The van der Waals surface area contributed by atoms with Crippen LogP contribution in [0, 0.1) is 18.8 Å². The molecule has 3 atom stereocenters. The number of rotatable bonds is 3. The van der Waals surface area contributed by atoms with Gasteiger partial charge in [0.25, 0.3) is 0 Å². The molecule has 6 heteroatoms. The fourth-order valence-corrected chi connectivity index (χ4v) is 3.31. The molecule has 0 N–H and O–H groups in total. The molecule has 0 bridgehead atoms. The molecule has 1 aliphatic heterocycles. The van der Waals surface area contributed by atoms with Gasteiger partial charge in [0.05, 0.1) is 0 Å². The Labute approximate surface area is 121 Å². The van der Waals surface area contributed by atoms with Crippen LogP contribution in [0.15, 0.2) is 22.9 Å². The predicted molar refractivity (Wildman–Crippen MR) is 74.8 cm³/mol. The highest BCUT2D eigenvalue weighted by Gasteiger charge is 2.58. The largest absolute Gasteiger partial charge is 0.356 e. The van der Waals surface area contributed by atoms with Crippen molar-refractivity contribution in [3.05, 3.63) is 35.6 Å². The molecule has 2 aliphatic rings. The van der Waals surface area contributed by atoms with Crippen LogP contribution in [0.1, 0.15) is 23.2 Å². The van der Waals surface area contributed by atoms with Crippen molar-refractivity contribution < 1.29 is 4.52 Å². The highest BCUT2D eigenvalue weighted by atomic mass is 35.5. The van der Waals surface area contributed by atoms with E-state index < -0.39 is 0 Å². The summed E-state index contributed by atoms with van der Waals surface area (Å²) in [4.78, 5) is 11.2. The van der Waals surface area contributed by atoms with E-state index in [0.717, 1.165) is 24.7 Å². The Morgan fingerprint density at radius 1 is 1.35 bits per heavy atom. The molecule has 2 fully saturated rings. The van der Waals surface area contributed by atoms with Gasteiger partial charge in [-0.05, 0) is 30.4 Å². The average Bonchev–Trinajstić information content (AvgIpc) is 2.88. The maximum Gasteiger partial charge on any atom is 0.241 e. The Morgan fingerprint density at radius 3 is 2.75 bits per heavy atom. The molecule has 1 saturated heterocycles. The van der Waals surface area contributed by atoms with Gasteiger partial charge in [0.2, 0.25) is 5.89 Å². The molecule has 20 heavy (non-hydrogen) atoms. The number of halogens is 1. The van der Waals surface area contributed by atoms with Crippen molar-refractivity contribution in [1.82, 2.24) is 15.1 Å². The predicted octanol–water partition coefficient (Wildman–Crippen LogP) is 2.36. The summed E-state index contributed by atoms with van der Waals surface area (Å²) in [5.74, 6) is 4.39. The zero-order chi connectivity index (χ0) is 13.7. The van der Waals surface area contributed by atoms with Crippen LogP contribution < -0.4 is 4.90 Å². The Balaban J connectivity index is 1.44. The molecule has 0 radical (unpaired) electrons. The zero-order valence-corrected chi connectivity index (χ0v) is 11.9. The van der Waals surface area contributed by atoms with Gasteiger partial charge in [-0.1, -0.05) is 11.2 Å². The number of fused-ring (bicyclic) bond motifs is 1. The van der Waals surface area contributed by atoms with Crippen molar-refractivity contribution >= 4 is 17.4 Å². The van der Waals surface area contributed by atoms with Crippen LogP contribution in [-0.2, 0) is 5.88 Å². The summed E-state index contributed by atoms with van der Waals surface area (Å²) in [5, 5.41) is 4.04. The van der Waals surface area contributed by atoms with E-state index in [4.69, 9.17) is 16.1 Å². The van der Waals surface area contributed by atoms with Crippen LogP contribution in [-0.4, -0.2) is 28.2 Å². The smallest absolute Gasteiger partial charge is 0.241 e. The van der Waals surface area contributed by atoms with Gasteiger partial charge in [-0.2, -0.15) is 4.98 Å². The standard InChI is InChI=1S/C14H15ClN4O/c1-8-2-3-11(16-5-8)19-6-9-10(7-19)13(9)14-17-12(4-15)20-18-14/h2-3,5,9-10,13H,4,6-7H2,1H3/t9-,10+,13+. The summed E-state index contributed by atoms with van der Waals surface area (Å²) in [7, 11) is 0. The van der Waals surface area contributed by atoms with Gasteiger partial charge in [-0.3, -0.25) is 0 Å². The van der Waals surface area contributed by atoms with Crippen molar-refractivity contribution in [3.8, 4) is 0 Å². The summed E-state index contributed by atoms with van der Waals surface area (Å²) in [6.45, 7) is 4.10. The molecule has 2 aromatic heterocycles. The topological polar surface area (TPSA) is 55.1 Å². The first-order chi connectivity index (χ1) is 9.76. The molecule has 3 heterocycles. The van der Waals surface area contributed by atoms with E-state index in [1.807, 2.05) is 6.20 Å². The number of hydrogen-bond acceptors (Lipinski definition) is 5. The quantitative estimate of drug-likeness (QED) is 0.812. The molecule has 0 aromatic carbocycles. The highest BCUT2D eigenvalue weighted by Crippen LogP contribution is 2.57. The minimum atomic E-state index is 0.286. The highest BCUT2D eigenvalue weighted by molar-refractivity contribution is 6.16. The van der Waals surface area contributed by atoms with E-state index in [1.54, 1.807) is 0 Å². The van der Waals surface area contributed by atoms with Gasteiger partial charge in [0.15, 0.2) is 5.82 Å². The van der Waals surface area contributed by atoms with Gasteiger partial charge in [-0.25, -0.2) is 4.98 Å². The van der Waals surface area contributed by atoms with E-state index >= 15 is 0 Å². The van der Waals surface area contributed by atoms with Gasteiger partial charge >= 0.3 is 0 Å². The Hall–Kier alpha value is -1.62. The van der Waals surface area contributed by atoms with Crippen LogP contribution in [0.5, 0.6) is 0 Å². The normalized spacial score (nSPS) is 27.7. The van der Waals surface area contributed by atoms with Crippen molar-refractivity contribution in [2.75, 3.05) is 18.0 Å². The van der Waals surface area contributed by atoms with E-state index in [0.29, 0.717) is 23.6 Å². The Kier molecular flexibility index (Phi) is 2.70. The van der Waals surface area contributed by atoms with Gasteiger partial charge in [-0.15, -0.1) is 11.6 Å². The second kappa shape index (κ2) is 4.45. The summed E-state index contributed by atoms with van der Waals surface area (Å²) >= 11 is 5.69. The van der Waals surface area contributed by atoms with Crippen LogP contribution in [0.2, 0.25) is 0 Å². The lowest BCUT2D eigenvalue weighted by Crippen LogP contribution is -2.24. The van der Waals surface area contributed by atoms with Crippen LogP contribution in [0.4, 0.5) is 5.82 Å². The van der Waals surface area contributed by atoms with Crippen molar-refractivity contribution in [2.45, 2.75) is 18.7 Å². The zero-order valence-electron chi connectivity index (χ0n) is 11.2. The van der Waals surface area contributed by atoms with E-state index in [9.17, 15) is 0 Å². The average molecular weight is 291 g/mol. The fourth-order valence-electron chi connectivity index (χ4n) is 3.20. The molecule has 5 nitrogen and oxygen atoms in total. The second-order valence-electron chi connectivity index (χ2n) is 5.63. The van der Waals surface area contributed by atoms with Crippen LogP contribution in [0.25, 0.3) is 0 Å². The lowest BCUT2D eigenvalue weighted by Gasteiger charge is -2.20. The maximum atomic E-state index is 5.69. The number of nitrogens with zero attached hydrogens (tertiary/aromatic N) is 4. The van der Waals surface area contributed by atoms with Gasteiger partial charge < -0.3 is 9.42 Å². The van der Waals surface area contributed by atoms with Crippen molar-refractivity contribution in [1.29, 1.82) is 0 Å².